The summed E-state index contributed by atoms with van der Waals surface area (Å²) in [7, 11) is 3.66. The van der Waals surface area contributed by atoms with Crippen molar-refractivity contribution in [1.29, 1.82) is 0 Å². The molecule has 23 heavy (non-hydrogen) atoms. The van der Waals surface area contributed by atoms with Crippen molar-refractivity contribution < 1.29 is 28.6 Å². The number of hydrogen-bond donors (Lipinski definition) is 1. The molecule has 122 valence electrons. The second kappa shape index (κ2) is 6.39. The van der Waals surface area contributed by atoms with Crippen molar-refractivity contribution in [1.82, 2.24) is 0 Å². The van der Waals surface area contributed by atoms with Crippen molar-refractivity contribution in [3.63, 3.8) is 0 Å². The van der Waals surface area contributed by atoms with E-state index in [1.807, 2.05) is 6.07 Å². The molecule has 0 aromatic heterocycles. The molecule has 1 aromatic carbocycles. The lowest BCUT2D eigenvalue weighted by Gasteiger charge is -2.29. The summed E-state index contributed by atoms with van der Waals surface area (Å²) in [5.74, 6) is 7.09. The van der Waals surface area contributed by atoms with Crippen molar-refractivity contribution >= 4 is 5.97 Å². The molecule has 0 saturated carbocycles. The molecule has 0 spiro atoms. The number of methoxy groups -OCH3 is 1. The molecular weight excluding hydrogens is 298 g/mol. The number of quaternary nitrogens is 1. The Morgan fingerprint density at radius 2 is 2.30 bits per heavy atom. The van der Waals surface area contributed by atoms with Crippen LogP contribution in [0.3, 0.4) is 0 Å². The van der Waals surface area contributed by atoms with Crippen LogP contribution in [-0.2, 0) is 16.0 Å². The Balaban J connectivity index is 2.05. The third-order valence-electron chi connectivity index (χ3n) is 4.11. The molecule has 2 aliphatic heterocycles. The highest BCUT2D eigenvalue weighted by Gasteiger charge is 2.35. The Hall–Kier alpha value is -2.39. The molecule has 2 atom stereocenters. The molecule has 6 nitrogen and oxygen atoms in total. The van der Waals surface area contributed by atoms with E-state index in [2.05, 4.69) is 18.9 Å². The van der Waals surface area contributed by atoms with E-state index in [0.29, 0.717) is 23.9 Å². The van der Waals surface area contributed by atoms with Crippen molar-refractivity contribution in [2.75, 3.05) is 34.1 Å². The Morgan fingerprint density at radius 1 is 1.48 bits per heavy atom. The minimum Gasteiger partial charge on any atom is -0.492 e. The maximum atomic E-state index is 11.6. The standard InChI is InChI=1S/C17H19NO5/c1-4-21-14(19)6-5-12-15-11(7-8-18(12)2)9-13-16(17(15)20-3)23-10-22-13/h9,12H,4,7-8,10H2,1-3H3/p+1/t12-/m1/s1. The van der Waals surface area contributed by atoms with Gasteiger partial charge in [0.1, 0.15) is 0 Å². The van der Waals surface area contributed by atoms with E-state index < -0.39 is 5.97 Å². The number of carbonyl (C=O) groups excluding carboxylic acids is 1. The van der Waals surface area contributed by atoms with Crippen LogP contribution < -0.4 is 19.1 Å². The second-order valence-corrected chi connectivity index (χ2v) is 5.49. The van der Waals surface area contributed by atoms with Gasteiger partial charge in [-0.05, 0) is 24.5 Å². The minimum absolute atomic E-state index is 0.174. The quantitative estimate of drug-likeness (QED) is 0.476. The van der Waals surface area contributed by atoms with Crippen LogP contribution in [0.2, 0.25) is 0 Å². The molecule has 2 aliphatic rings. The summed E-state index contributed by atoms with van der Waals surface area (Å²) in [5, 5.41) is 0. The van der Waals surface area contributed by atoms with Gasteiger partial charge in [-0.1, -0.05) is 0 Å². The smallest absolute Gasteiger partial charge is 0.384 e. The molecule has 0 bridgehead atoms. The average molecular weight is 318 g/mol. The Bertz CT molecular complexity index is 688. The fourth-order valence-electron chi connectivity index (χ4n) is 3.02. The van der Waals surface area contributed by atoms with Gasteiger partial charge in [0.2, 0.25) is 12.5 Å². The summed E-state index contributed by atoms with van der Waals surface area (Å²) in [6, 6.07) is 1.82. The van der Waals surface area contributed by atoms with Crippen LogP contribution in [0.4, 0.5) is 0 Å². The van der Waals surface area contributed by atoms with Crippen LogP contribution in [0, 0.1) is 11.8 Å². The lowest BCUT2D eigenvalue weighted by atomic mass is 9.91. The molecule has 1 unspecified atom stereocenters. The Labute approximate surface area is 135 Å². The number of esters is 1. The highest BCUT2D eigenvalue weighted by molar-refractivity contribution is 5.88. The molecule has 3 rings (SSSR count). The zero-order chi connectivity index (χ0) is 16.4. The average Bonchev–Trinajstić information content (AvgIpc) is 3.00. The van der Waals surface area contributed by atoms with Gasteiger partial charge < -0.3 is 23.8 Å². The highest BCUT2D eigenvalue weighted by Crippen LogP contribution is 2.47. The number of ether oxygens (including phenoxy) is 4. The van der Waals surface area contributed by atoms with Crippen molar-refractivity contribution in [3.05, 3.63) is 17.2 Å². The van der Waals surface area contributed by atoms with Gasteiger partial charge in [-0.3, -0.25) is 0 Å². The van der Waals surface area contributed by atoms with E-state index in [0.717, 1.165) is 24.1 Å². The molecular formula is C17H20NO5+. The fourth-order valence-corrected chi connectivity index (χ4v) is 3.02. The summed E-state index contributed by atoms with van der Waals surface area (Å²) >= 11 is 0. The van der Waals surface area contributed by atoms with Crippen LogP contribution in [0.1, 0.15) is 24.1 Å². The monoisotopic (exact) mass is 318 g/mol. The van der Waals surface area contributed by atoms with E-state index in [4.69, 9.17) is 18.9 Å². The highest BCUT2D eigenvalue weighted by atomic mass is 16.7. The van der Waals surface area contributed by atoms with Gasteiger partial charge in [0.05, 0.1) is 32.9 Å². The Morgan fingerprint density at radius 3 is 3.04 bits per heavy atom. The molecule has 0 saturated heterocycles. The maximum absolute atomic E-state index is 11.6. The van der Waals surface area contributed by atoms with Gasteiger partial charge >= 0.3 is 5.97 Å². The summed E-state index contributed by atoms with van der Waals surface area (Å²) < 4.78 is 21.5. The number of benzene rings is 1. The predicted molar refractivity (Wildman–Crippen MR) is 81.7 cm³/mol. The topological polar surface area (TPSA) is 58.4 Å². The largest absolute Gasteiger partial charge is 0.492 e. The maximum Gasteiger partial charge on any atom is 0.384 e. The third-order valence-corrected chi connectivity index (χ3v) is 4.11. The summed E-state index contributed by atoms with van der Waals surface area (Å²) in [6.07, 6.45) is 0.895. The van der Waals surface area contributed by atoms with Crippen LogP contribution >= 0.6 is 0 Å². The van der Waals surface area contributed by atoms with E-state index in [-0.39, 0.29) is 12.8 Å². The summed E-state index contributed by atoms with van der Waals surface area (Å²) in [5.41, 5.74) is 2.09. The lowest BCUT2D eigenvalue weighted by Crippen LogP contribution is -3.10. The number of nitrogens with one attached hydrogen (secondary N) is 1. The molecule has 0 fully saturated rings. The van der Waals surface area contributed by atoms with Crippen molar-refractivity contribution in [2.24, 2.45) is 0 Å². The molecule has 1 N–H and O–H groups in total. The molecule has 0 radical (unpaired) electrons. The first-order chi connectivity index (χ1) is 11.2. The zero-order valence-corrected chi connectivity index (χ0v) is 13.5. The van der Waals surface area contributed by atoms with E-state index >= 15 is 0 Å². The predicted octanol–water partition coefficient (Wildman–Crippen LogP) is 0.102. The minimum atomic E-state index is -0.507. The van der Waals surface area contributed by atoms with Gasteiger partial charge in [0.25, 0.3) is 0 Å². The molecule has 1 aromatic rings. The van der Waals surface area contributed by atoms with Gasteiger partial charge in [-0.2, -0.15) is 0 Å². The first kappa shape index (κ1) is 15.5. The van der Waals surface area contributed by atoms with Crippen LogP contribution in [0.15, 0.2) is 6.07 Å². The molecule has 0 amide bonds. The van der Waals surface area contributed by atoms with Gasteiger partial charge in [0, 0.05) is 12.3 Å². The van der Waals surface area contributed by atoms with Gasteiger partial charge in [-0.25, -0.2) is 4.79 Å². The van der Waals surface area contributed by atoms with Crippen LogP contribution in [0.5, 0.6) is 17.2 Å². The number of hydrogen-bond acceptors (Lipinski definition) is 5. The normalized spacial score (nSPS) is 21.0. The Kier molecular flexibility index (Phi) is 4.30. The van der Waals surface area contributed by atoms with Crippen LogP contribution in [-0.4, -0.2) is 40.1 Å². The summed E-state index contributed by atoms with van der Waals surface area (Å²) in [4.78, 5) is 12.8. The third kappa shape index (κ3) is 2.80. The van der Waals surface area contributed by atoms with Crippen molar-refractivity contribution in [3.8, 4) is 29.1 Å². The first-order valence-corrected chi connectivity index (χ1v) is 7.65. The van der Waals surface area contributed by atoms with E-state index in [9.17, 15) is 4.79 Å². The molecule has 6 heteroatoms. The van der Waals surface area contributed by atoms with Gasteiger partial charge in [-0.15, -0.1) is 0 Å². The number of rotatable bonds is 2. The SMILES string of the molecule is CCOC(=O)C#C[C@@H]1c2c(cc3c(c2OC)OCO3)CC[NH+]1C. The van der Waals surface area contributed by atoms with Crippen molar-refractivity contribution in [2.45, 2.75) is 19.4 Å². The lowest BCUT2D eigenvalue weighted by molar-refractivity contribution is -0.905. The zero-order valence-electron chi connectivity index (χ0n) is 13.5. The van der Waals surface area contributed by atoms with E-state index in [1.165, 1.54) is 4.90 Å². The number of likely N-dealkylation sites (N-methyl/N-ethyl adjacent to an activating group) is 1. The van der Waals surface area contributed by atoms with E-state index in [1.54, 1.807) is 14.0 Å². The molecule has 0 aliphatic carbocycles. The first-order valence-electron chi connectivity index (χ1n) is 7.65. The summed E-state index contributed by atoms with van der Waals surface area (Å²) in [6.45, 7) is 3.18. The number of carbonyl (C=O) groups is 1. The van der Waals surface area contributed by atoms with Gasteiger partial charge in [0.15, 0.2) is 17.5 Å². The fraction of sp³-hybridized carbons (Fsp3) is 0.471. The molecule has 2 heterocycles. The van der Waals surface area contributed by atoms with Crippen LogP contribution in [0.25, 0.3) is 0 Å². The number of fused-ring (bicyclic) bond motifs is 2. The second-order valence-electron chi connectivity index (χ2n) is 5.49.